The Morgan fingerprint density at radius 1 is 1.50 bits per heavy atom. The Morgan fingerprint density at radius 3 is 2.83 bits per heavy atom. The molecule has 2 rings (SSSR count). The maximum absolute atomic E-state index is 10.6. The zero-order valence-corrected chi connectivity index (χ0v) is 11.7. The second-order valence-corrected chi connectivity index (χ2v) is 5.76. The van der Waals surface area contributed by atoms with E-state index < -0.39 is 0 Å². The summed E-state index contributed by atoms with van der Waals surface area (Å²) >= 11 is 2.78. The van der Waals surface area contributed by atoms with Gasteiger partial charge in [-0.2, -0.15) is 0 Å². The third kappa shape index (κ3) is 3.12. The van der Waals surface area contributed by atoms with E-state index in [1.165, 1.54) is 0 Å². The molecular formula is C11H13N3O2S2. The van der Waals surface area contributed by atoms with Crippen molar-refractivity contribution < 1.29 is 4.92 Å². The van der Waals surface area contributed by atoms with Crippen molar-refractivity contribution in [3.05, 3.63) is 43.2 Å². The number of aryl methyl sites for hydroxylation is 1. The van der Waals surface area contributed by atoms with Crippen molar-refractivity contribution in [3.63, 3.8) is 0 Å². The third-order valence-electron chi connectivity index (χ3n) is 2.44. The molecule has 5 nitrogen and oxygen atoms in total. The fourth-order valence-corrected chi connectivity index (χ4v) is 3.04. The van der Waals surface area contributed by atoms with Crippen molar-refractivity contribution >= 4 is 27.7 Å². The standard InChI is InChI=1S/C11H13N3O2S2/c1-7-5-18-11(13-7)8(2)12-4-9-3-10(14(15)16)17-6-9/h3,5-6,8,12H,4H2,1-2H3. The summed E-state index contributed by atoms with van der Waals surface area (Å²) in [6.07, 6.45) is 0. The number of nitrogens with zero attached hydrogens (tertiary/aromatic N) is 2. The van der Waals surface area contributed by atoms with Crippen LogP contribution in [0.5, 0.6) is 0 Å². The van der Waals surface area contributed by atoms with Crippen LogP contribution in [0.1, 0.15) is 29.2 Å². The lowest BCUT2D eigenvalue weighted by Crippen LogP contribution is -2.17. The van der Waals surface area contributed by atoms with E-state index in [0.29, 0.717) is 6.54 Å². The molecule has 0 aliphatic rings. The average Bonchev–Trinajstić information content (AvgIpc) is 2.94. The van der Waals surface area contributed by atoms with E-state index in [1.807, 2.05) is 24.6 Å². The molecule has 0 saturated carbocycles. The largest absolute Gasteiger partial charge is 0.324 e. The third-order valence-corrected chi connectivity index (χ3v) is 4.51. The van der Waals surface area contributed by atoms with Crippen LogP contribution >= 0.6 is 22.7 Å². The van der Waals surface area contributed by atoms with Gasteiger partial charge >= 0.3 is 5.00 Å². The van der Waals surface area contributed by atoms with Gasteiger partial charge in [0.1, 0.15) is 5.01 Å². The van der Waals surface area contributed by atoms with E-state index in [0.717, 1.165) is 27.6 Å². The predicted octanol–water partition coefficient (Wildman–Crippen LogP) is 3.27. The van der Waals surface area contributed by atoms with E-state index in [1.54, 1.807) is 17.4 Å². The summed E-state index contributed by atoms with van der Waals surface area (Å²) in [6, 6.07) is 1.76. The highest BCUT2D eigenvalue weighted by molar-refractivity contribution is 7.13. The van der Waals surface area contributed by atoms with Gasteiger partial charge in [0, 0.05) is 29.1 Å². The van der Waals surface area contributed by atoms with Crippen LogP contribution in [-0.4, -0.2) is 9.91 Å². The molecule has 2 heterocycles. The summed E-state index contributed by atoms with van der Waals surface area (Å²) in [6.45, 7) is 4.62. The van der Waals surface area contributed by atoms with Crippen LogP contribution in [0.3, 0.4) is 0 Å². The maximum Gasteiger partial charge on any atom is 0.324 e. The van der Waals surface area contributed by atoms with Crippen LogP contribution in [0.4, 0.5) is 5.00 Å². The molecule has 2 aromatic rings. The molecule has 0 spiro atoms. The van der Waals surface area contributed by atoms with Gasteiger partial charge in [0.15, 0.2) is 0 Å². The molecule has 0 aromatic carbocycles. The molecule has 96 valence electrons. The highest BCUT2D eigenvalue weighted by atomic mass is 32.1. The number of hydrogen-bond donors (Lipinski definition) is 1. The van der Waals surface area contributed by atoms with Crippen molar-refractivity contribution in [1.82, 2.24) is 10.3 Å². The van der Waals surface area contributed by atoms with Crippen molar-refractivity contribution in [2.24, 2.45) is 0 Å². The van der Waals surface area contributed by atoms with E-state index in [9.17, 15) is 10.1 Å². The van der Waals surface area contributed by atoms with Crippen LogP contribution in [0.2, 0.25) is 0 Å². The lowest BCUT2D eigenvalue weighted by Gasteiger charge is -2.09. The Morgan fingerprint density at radius 2 is 2.28 bits per heavy atom. The average molecular weight is 283 g/mol. The van der Waals surface area contributed by atoms with Gasteiger partial charge in [-0.25, -0.2) is 4.98 Å². The minimum absolute atomic E-state index is 0.155. The van der Waals surface area contributed by atoms with Crippen molar-refractivity contribution in [3.8, 4) is 0 Å². The number of nitro groups is 1. The van der Waals surface area contributed by atoms with Gasteiger partial charge < -0.3 is 5.32 Å². The Hall–Kier alpha value is -1.31. The van der Waals surface area contributed by atoms with Gasteiger partial charge in [-0.05, 0) is 19.4 Å². The monoisotopic (exact) mass is 283 g/mol. The molecule has 7 heteroatoms. The van der Waals surface area contributed by atoms with E-state index in [2.05, 4.69) is 10.3 Å². The van der Waals surface area contributed by atoms with Crippen LogP contribution in [0.25, 0.3) is 0 Å². The molecule has 1 atom stereocenters. The Labute approximate surface area is 113 Å². The number of thiophene rings is 1. The van der Waals surface area contributed by atoms with Crippen LogP contribution in [-0.2, 0) is 6.54 Å². The summed E-state index contributed by atoms with van der Waals surface area (Å²) in [5.74, 6) is 0. The quantitative estimate of drug-likeness (QED) is 0.675. The molecule has 1 N–H and O–H groups in total. The number of nitrogens with one attached hydrogen (secondary N) is 1. The van der Waals surface area contributed by atoms with Gasteiger partial charge in [-0.3, -0.25) is 10.1 Å². The summed E-state index contributed by atoms with van der Waals surface area (Å²) in [7, 11) is 0. The molecule has 0 amide bonds. The van der Waals surface area contributed by atoms with E-state index in [-0.39, 0.29) is 16.0 Å². The van der Waals surface area contributed by atoms with Gasteiger partial charge in [0.25, 0.3) is 0 Å². The zero-order valence-electron chi connectivity index (χ0n) is 10.0. The first-order valence-electron chi connectivity index (χ1n) is 5.43. The summed E-state index contributed by atoms with van der Waals surface area (Å²) in [5.41, 5.74) is 1.96. The number of rotatable bonds is 5. The summed E-state index contributed by atoms with van der Waals surface area (Å²) < 4.78 is 0. The normalized spacial score (nSPS) is 12.6. The topological polar surface area (TPSA) is 68.1 Å². The fourth-order valence-electron chi connectivity index (χ4n) is 1.48. The first-order valence-corrected chi connectivity index (χ1v) is 7.19. The summed E-state index contributed by atoms with van der Waals surface area (Å²) in [4.78, 5) is 14.6. The van der Waals surface area contributed by atoms with Crippen LogP contribution in [0, 0.1) is 17.0 Å². The van der Waals surface area contributed by atoms with Crippen molar-refractivity contribution in [2.45, 2.75) is 26.4 Å². The van der Waals surface area contributed by atoms with Gasteiger partial charge in [0.2, 0.25) is 0 Å². The number of aromatic nitrogens is 1. The maximum atomic E-state index is 10.6. The highest BCUT2D eigenvalue weighted by Gasteiger charge is 2.12. The molecule has 0 bridgehead atoms. The molecular weight excluding hydrogens is 270 g/mol. The first-order chi connectivity index (χ1) is 8.56. The smallest absolute Gasteiger partial charge is 0.304 e. The second-order valence-electron chi connectivity index (χ2n) is 3.98. The Kier molecular flexibility index (Phi) is 4.05. The van der Waals surface area contributed by atoms with Crippen LogP contribution in [0.15, 0.2) is 16.8 Å². The highest BCUT2D eigenvalue weighted by Crippen LogP contribution is 2.23. The summed E-state index contributed by atoms with van der Waals surface area (Å²) in [5, 5.41) is 18.9. The van der Waals surface area contributed by atoms with E-state index >= 15 is 0 Å². The molecule has 0 aliphatic heterocycles. The lowest BCUT2D eigenvalue weighted by molar-refractivity contribution is -0.380. The molecule has 0 radical (unpaired) electrons. The Bertz CT molecular complexity index is 550. The number of thiazole rings is 1. The zero-order chi connectivity index (χ0) is 13.1. The minimum atomic E-state index is -0.359. The molecule has 0 fully saturated rings. The molecule has 18 heavy (non-hydrogen) atoms. The van der Waals surface area contributed by atoms with Crippen molar-refractivity contribution in [1.29, 1.82) is 0 Å². The van der Waals surface area contributed by atoms with Crippen molar-refractivity contribution in [2.75, 3.05) is 0 Å². The van der Waals surface area contributed by atoms with Gasteiger partial charge in [-0.15, -0.1) is 11.3 Å². The SMILES string of the molecule is Cc1csc(C(C)NCc2csc([N+](=O)[O-])c2)n1. The van der Waals surface area contributed by atoms with Gasteiger partial charge in [-0.1, -0.05) is 11.3 Å². The predicted molar refractivity (Wildman–Crippen MR) is 73.1 cm³/mol. The Balaban J connectivity index is 1.92. The fraction of sp³-hybridized carbons (Fsp3) is 0.364. The molecule has 0 aliphatic carbocycles. The van der Waals surface area contributed by atoms with E-state index in [4.69, 9.17) is 0 Å². The van der Waals surface area contributed by atoms with Gasteiger partial charge in [0.05, 0.1) is 11.0 Å². The molecule has 1 unspecified atom stereocenters. The second kappa shape index (κ2) is 5.55. The molecule has 2 aromatic heterocycles. The minimum Gasteiger partial charge on any atom is -0.304 e. The number of hydrogen-bond acceptors (Lipinski definition) is 6. The first kappa shape index (κ1) is 13.1. The van der Waals surface area contributed by atoms with Crippen LogP contribution < -0.4 is 5.32 Å². The lowest BCUT2D eigenvalue weighted by atomic mass is 10.3. The molecule has 0 saturated heterocycles.